The van der Waals surface area contributed by atoms with Crippen molar-refractivity contribution in [3.05, 3.63) is 29.8 Å². The van der Waals surface area contributed by atoms with E-state index in [4.69, 9.17) is 16.3 Å². The highest BCUT2D eigenvalue weighted by Gasteiger charge is 2.18. The Bertz CT molecular complexity index is 331. The van der Waals surface area contributed by atoms with E-state index in [1.54, 1.807) is 0 Å². The molecule has 2 nitrogen and oxygen atoms in total. The molecule has 1 atom stereocenters. The maximum absolute atomic E-state index is 9.36. The van der Waals surface area contributed by atoms with Gasteiger partial charge in [-0.15, -0.1) is 11.6 Å². The predicted octanol–water partition coefficient (Wildman–Crippen LogP) is 2.96. The molecule has 1 aromatic rings. The second-order valence-corrected chi connectivity index (χ2v) is 5.17. The molecule has 0 heterocycles. The number of rotatable bonds is 4. The van der Waals surface area contributed by atoms with Gasteiger partial charge in [0, 0.05) is 0 Å². The summed E-state index contributed by atoms with van der Waals surface area (Å²) in [6.07, 6.45) is -0.616. The third-order valence-electron chi connectivity index (χ3n) is 2.30. The number of hydrogen-bond acceptors (Lipinski definition) is 2. The Balaban J connectivity index is 2.80. The fourth-order valence-corrected chi connectivity index (χ4v) is 1.53. The van der Waals surface area contributed by atoms with Crippen LogP contribution in [0.5, 0.6) is 5.75 Å². The number of benzene rings is 1. The third-order valence-corrected chi connectivity index (χ3v) is 2.66. The molecule has 0 spiro atoms. The first-order chi connectivity index (χ1) is 7.45. The first kappa shape index (κ1) is 13.3. The summed E-state index contributed by atoms with van der Waals surface area (Å²) < 4.78 is 5.58. The van der Waals surface area contributed by atoms with E-state index >= 15 is 0 Å². The molecule has 0 saturated heterocycles. The number of alkyl halides is 1. The van der Waals surface area contributed by atoms with E-state index in [-0.39, 0.29) is 17.9 Å². The summed E-state index contributed by atoms with van der Waals surface area (Å²) in [5.74, 6) is 1.01. The Labute approximate surface area is 102 Å². The van der Waals surface area contributed by atoms with Gasteiger partial charge in [-0.3, -0.25) is 0 Å². The van der Waals surface area contributed by atoms with Crippen molar-refractivity contribution in [1.29, 1.82) is 0 Å². The van der Waals surface area contributed by atoms with Crippen LogP contribution in [-0.2, 0) is 5.41 Å². The zero-order valence-corrected chi connectivity index (χ0v) is 10.8. The molecule has 3 heteroatoms. The van der Waals surface area contributed by atoms with Crippen LogP contribution in [0.2, 0.25) is 0 Å². The topological polar surface area (TPSA) is 29.5 Å². The molecule has 0 saturated carbocycles. The Morgan fingerprint density at radius 3 is 2.50 bits per heavy atom. The van der Waals surface area contributed by atoms with Gasteiger partial charge in [-0.05, 0) is 17.0 Å². The van der Waals surface area contributed by atoms with Crippen molar-refractivity contribution in [2.45, 2.75) is 32.3 Å². The van der Waals surface area contributed by atoms with Crippen LogP contribution in [0.3, 0.4) is 0 Å². The summed E-state index contributed by atoms with van der Waals surface area (Å²) in [6.45, 7) is 6.63. The minimum absolute atomic E-state index is 0.0303. The van der Waals surface area contributed by atoms with Gasteiger partial charge < -0.3 is 9.84 Å². The molecule has 0 amide bonds. The fraction of sp³-hybridized carbons (Fsp3) is 0.538. The van der Waals surface area contributed by atoms with Crippen LogP contribution in [0.4, 0.5) is 0 Å². The number of aliphatic hydroxyl groups is 1. The number of para-hydroxylation sites is 1. The minimum Gasteiger partial charge on any atom is -0.491 e. The SMILES string of the molecule is CC(C)(C)c1ccccc1OCC(O)CCl. The number of hydrogen-bond donors (Lipinski definition) is 1. The Morgan fingerprint density at radius 1 is 1.31 bits per heavy atom. The van der Waals surface area contributed by atoms with E-state index in [9.17, 15) is 5.11 Å². The summed E-state index contributed by atoms with van der Waals surface area (Å²) >= 11 is 5.52. The largest absolute Gasteiger partial charge is 0.491 e. The second-order valence-electron chi connectivity index (χ2n) is 4.87. The average Bonchev–Trinajstić information content (AvgIpc) is 2.25. The maximum atomic E-state index is 9.36. The molecule has 1 aromatic carbocycles. The minimum atomic E-state index is -0.616. The Hall–Kier alpha value is -0.730. The van der Waals surface area contributed by atoms with Gasteiger partial charge in [0.05, 0.1) is 5.88 Å². The smallest absolute Gasteiger partial charge is 0.123 e. The van der Waals surface area contributed by atoms with Crippen molar-refractivity contribution in [3.8, 4) is 5.75 Å². The van der Waals surface area contributed by atoms with Crippen molar-refractivity contribution < 1.29 is 9.84 Å². The average molecular weight is 243 g/mol. The van der Waals surface area contributed by atoms with Gasteiger partial charge in [0.1, 0.15) is 18.5 Å². The molecule has 90 valence electrons. The van der Waals surface area contributed by atoms with Crippen molar-refractivity contribution in [2.24, 2.45) is 0 Å². The number of ether oxygens (including phenoxy) is 1. The lowest BCUT2D eigenvalue weighted by atomic mass is 9.86. The van der Waals surface area contributed by atoms with Crippen molar-refractivity contribution in [3.63, 3.8) is 0 Å². The normalized spacial score (nSPS) is 13.6. The van der Waals surface area contributed by atoms with Gasteiger partial charge in [0.25, 0.3) is 0 Å². The fourth-order valence-electron chi connectivity index (χ4n) is 1.44. The molecule has 1 N–H and O–H groups in total. The number of halogens is 1. The summed E-state index contributed by atoms with van der Waals surface area (Å²) in [5.41, 5.74) is 1.17. The van der Waals surface area contributed by atoms with E-state index in [1.807, 2.05) is 24.3 Å². The highest BCUT2D eigenvalue weighted by atomic mass is 35.5. The van der Waals surface area contributed by atoms with E-state index in [2.05, 4.69) is 20.8 Å². The highest BCUT2D eigenvalue weighted by molar-refractivity contribution is 6.18. The van der Waals surface area contributed by atoms with Crippen LogP contribution in [0.15, 0.2) is 24.3 Å². The monoisotopic (exact) mass is 242 g/mol. The standard InChI is InChI=1S/C13H19ClO2/c1-13(2,3)11-6-4-5-7-12(11)16-9-10(15)8-14/h4-7,10,15H,8-9H2,1-3H3. The van der Waals surface area contributed by atoms with Gasteiger partial charge in [-0.2, -0.15) is 0 Å². The van der Waals surface area contributed by atoms with Crippen molar-refractivity contribution in [1.82, 2.24) is 0 Å². The van der Waals surface area contributed by atoms with Crippen LogP contribution in [0, 0.1) is 0 Å². The first-order valence-corrected chi connectivity index (χ1v) is 5.95. The number of aliphatic hydroxyl groups excluding tert-OH is 1. The highest BCUT2D eigenvalue weighted by Crippen LogP contribution is 2.30. The van der Waals surface area contributed by atoms with Crippen LogP contribution in [-0.4, -0.2) is 23.7 Å². The van der Waals surface area contributed by atoms with Crippen LogP contribution >= 0.6 is 11.6 Å². The molecule has 0 fully saturated rings. The van der Waals surface area contributed by atoms with E-state index in [0.29, 0.717) is 0 Å². The van der Waals surface area contributed by atoms with Gasteiger partial charge in [-0.1, -0.05) is 39.0 Å². The summed E-state index contributed by atoms with van der Waals surface area (Å²) in [6, 6.07) is 7.88. The molecule has 0 bridgehead atoms. The Morgan fingerprint density at radius 2 is 1.94 bits per heavy atom. The molecule has 0 aliphatic carbocycles. The van der Waals surface area contributed by atoms with Crippen LogP contribution in [0.25, 0.3) is 0 Å². The van der Waals surface area contributed by atoms with Crippen LogP contribution in [0.1, 0.15) is 26.3 Å². The molecule has 0 aliphatic heterocycles. The summed E-state index contributed by atoms with van der Waals surface area (Å²) in [5, 5.41) is 9.36. The van der Waals surface area contributed by atoms with Gasteiger partial charge in [0.15, 0.2) is 0 Å². The van der Waals surface area contributed by atoms with E-state index in [0.717, 1.165) is 11.3 Å². The molecule has 0 aliphatic rings. The molecule has 0 aromatic heterocycles. The zero-order chi connectivity index (χ0) is 12.2. The van der Waals surface area contributed by atoms with Gasteiger partial charge >= 0.3 is 0 Å². The molecule has 16 heavy (non-hydrogen) atoms. The van der Waals surface area contributed by atoms with E-state index in [1.165, 1.54) is 0 Å². The zero-order valence-electron chi connectivity index (χ0n) is 10.0. The van der Waals surface area contributed by atoms with Gasteiger partial charge in [0.2, 0.25) is 0 Å². The molecular formula is C13H19ClO2. The molecule has 0 radical (unpaired) electrons. The molecule has 1 unspecified atom stereocenters. The lowest BCUT2D eigenvalue weighted by Crippen LogP contribution is -2.21. The third kappa shape index (κ3) is 3.69. The van der Waals surface area contributed by atoms with Crippen molar-refractivity contribution >= 4 is 11.6 Å². The Kier molecular flexibility index (Phi) is 4.63. The predicted molar refractivity (Wildman–Crippen MR) is 67.4 cm³/mol. The lowest BCUT2D eigenvalue weighted by molar-refractivity contribution is 0.124. The second kappa shape index (κ2) is 5.55. The van der Waals surface area contributed by atoms with Gasteiger partial charge in [-0.25, -0.2) is 0 Å². The van der Waals surface area contributed by atoms with Crippen molar-refractivity contribution in [2.75, 3.05) is 12.5 Å². The van der Waals surface area contributed by atoms with E-state index < -0.39 is 6.10 Å². The first-order valence-electron chi connectivity index (χ1n) is 5.41. The summed E-state index contributed by atoms with van der Waals surface area (Å²) in [4.78, 5) is 0. The lowest BCUT2D eigenvalue weighted by Gasteiger charge is -2.23. The molecule has 1 rings (SSSR count). The maximum Gasteiger partial charge on any atom is 0.123 e. The molecular weight excluding hydrogens is 224 g/mol. The summed E-state index contributed by atoms with van der Waals surface area (Å²) in [7, 11) is 0. The van der Waals surface area contributed by atoms with Crippen LogP contribution < -0.4 is 4.74 Å². The quantitative estimate of drug-likeness (QED) is 0.823.